The third-order valence-corrected chi connectivity index (χ3v) is 2.24. The number of methoxy groups -OCH3 is 1. The van der Waals surface area contributed by atoms with Crippen LogP contribution in [0.5, 0.6) is 11.5 Å². The van der Waals surface area contributed by atoms with E-state index < -0.39 is 14.3 Å². The van der Waals surface area contributed by atoms with Gasteiger partial charge < -0.3 is 29.3 Å². The van der Waals surface area contributed by atoms with Gasteiger partial charge >= 0.3 is 14.3 Å². The van der Waals surface area contributed by atoms with E-state index in [1.54, 1.807) is 7.11 Å². The highest BCUT2D eigenvalue weighted by Gasteiger charge is 2.23. The van der Waals surface area contributed by atoms with Crippen molar-refractivity contribution in [2.75, 3.05) is 20.3 Å². The third kappa shape index (κ3) is 5.92. The minimum Gasteiger partial charge on any atom is -0.493 e. The van der Waals surface area contributed by atoms with Gasteiger partial charge in [-0.3, -0.25) is 4.57 Å². The largest absolute Gasteiger partial charge is 0.493 e. The van der Waals surface area contributed by atoms with Gasteiger partial charge in [0.2, 0.25) is 0 Å². The Morgan fingerprint density at radius 1 is 1.40 bits per heavy atom. The number of amides is 1. The van der Waals surface area contributed by atoms with Crippen LogP contribution in [0.1, 0.15) is 0 Å². The lowest BCUT2D eigenvalue weighted by Crippen LogP contribution is -2.22. The summed E-state index contributed by atoms with van der Waals surface area (Å²) in [6, 6.07) is 7.34. The van der Waals surface area contributed by atoms with Gasteiger partial charge in [-0.05, 0) is 12.1 Å². The average Bonchev–Trinajstić information content (AvgIpc) is 2.82. The van der Waals surface area contributed by atoms with Gasteiger partial charge in [-0.1, -0.05) is 12.1 Å². The summed E-state index contributed by atoms with van der Waals surface area (Å²) in [6.07, 6.45) is -0.633. The third-order valence-electron chi connectivity index (χ3n) is 2.24. The molecule has 1 unspecified atom stereocenters. The van der Waals surface area contributed by atoms with E-state index >= 15 is 0 Å². The highest BCUT2D eigenvalue weighted by molar-refractivity contribution is 7.30. The Morgan fingerprint density at radius 2 is 2.00 bits per heavy atom. The Balaban J connectivity index is 0.000000444. The topological polar surface area (TPSA) is 114 Å². The van der Waals surface area contributed by atoms with Crippen molar-refractivity contribution < 1.29 is 33.4 Å². The van der Waals surface area contributed by atoms with E-state index in [0.29, 0.717) is 24.7 Å². The lowest BCUT2D eigenvalue weighted by molar-refractivity contribution is 0.103. The molecule has 112 valence electrons. The van der Waals surface area contributed by atoms with E-state index in [1.165, 1.54) is 0 Å². The van der Waals surface area contributed by atoms with E-state index in [2.05, 4.69) is 5.32 Å². The fourth-order valence-corrected chi connectivity index (χ4v) is 1.45. The molecule has 1 saturated heterocycles. The van der Waals surface area contributed by atoms with Gasteiger partial charge in [-0.15, -0.1) is 0 Å². The number of carbonyl (C=O) groups excluding carboxylic acids is 1. The zero-order valence-corrected chi connectivity index (χ0v) is 11.7. The van der Waals surface area contributed by atoms with E-state index in [4.69, 9.17) is 28.6 Å². The summed E-state index contributed by atoms with van der Waals surface area (Å²) < 4.78 is 24.3. The van der Waals surface area contributed by atoms with Crippen LogP contribution >= 0.6 is 8.25 Å². The maximum Gasteiger partial charge on any atom is 0.407 e. The zero-order chi connectivity index (χ0) is 15.0. The quantitative estimate of drug-likeness (QED) is 0.696. The molecule has 1 heterocycles. The molecule has 20 heavy (non-hydrogen) atoms. The molecule has 0 aliphatic carbocycles. The summed E-state index contributed by atoms with van der Waals surface area (Å²) in [5, 5.41) is 2.56. The van der Waals surface area contributed by atoms with Crippen LogP contribution in [0.4, 0.5) is 4.79 Å². The Kier molecular flexibility index (Phi) is 6.86. The van der Waals surface area contributed by atoms with Crippen LogP contribution in [0, 0.1) is 0 Å². The van der Waals surface area contributed by atoms with Crippen molar-refractivity contribution in [1.82, 2.24) is 5.32 Å². The number of carbonyl (C=O) groups is 1. The molecule has 0 spiro atoms. The van der Waals surface area contributed by atoms with Crippen molar-refractivity contribution in [3.8, 4) is 11.5 Å². The standard InChI is InChI=1S/C11H13NO4.H3O3P/c1-14-9-4-2-3-5-10(9)15-7-8-6-12-11(13)16-8;1-4(2)3/h2-5,8H,6-7H2,1H3,(H,12,13);4H,(H2,1,2,3). The van der Waals surface area contributed by atoms with Gasteiger partial charge in [0.25, 0.3) is 0 Å². The van der Waals surface area contributed by atoms with Crippen molar-refractivity contribution >= 4 is 14.3 Å². The van der Waals surface area contributed by atoms with E-state index in [0.717, 1.165) is 0 Å². The number of ether oxygens (including phenoxy) is 3. The van der Waals surface area contributed by atoms with Gasteiger partial charge in [-0.25, -0.2) is 4.79 Å². The molecule has 1 amide bonds. The summed E-state index contributed by atoms with van der Waals surface area (Å²) in [6.45, 7) is 0.799. The summed E-state index contributed by atoms with van der Waals surface area (Å²) in [7, 11) is -1.55. The highest BCUT2D eigenvalue weighted by atomic mass is 31.1. The summed E-state index contributed by atoms with van der Waals surface area (Å²) >= 11 is 0. The molecule has 0 saturated carbocycles. The maximum absolute atomic E-state index is 10.8. The Hall–Kier alpha value is -1.76. The van der Waals surface area contributed by atoms with Crippen LogP contribution in [-0.4, -0.2) is 42.2 Å². The van der Waals surface area contributed by atoms with Gasteiger partial charge in [0.05, 0.1) is 13.7 Å². The first-order valence-corrected chi connectivity index (χ1v) is 6.95. The first kappa shape index (κ1) is 16.3. The van der Waals surface area contributed by atoms with Gasteiger partial charge in [0.1, 0.15) is 6.61 Å². The molecule has 0 aromatic heterocycles. The van der Waals surface area contributed by atoms with Gasteiger partial charge in [0.15, 0.2) is 17.6 Å². The number of para-hydroxylation sites is 2. The molecule has 0 bridgehead atoms. The average molecular weight is 305 g/mol. The van der Waals surface area contributed by atoms with Crippen molar-refractivity contribution in [3.63, 3.8) is 0 Å². The zero-order valence-electron chi connectivity index (χ0n) is 10.7. The first-order chi connectivity index (χ1) is 9.52. The van der Waals surface area contributed by atoms with Crippen molar-refractivity contribution in [2.45, 2.75) is 6.10 Å². The van der Waals surface area contributed by atoms with Crippen LogP contribution < -0.4 is 14.8 Å². The van der Waals surface area contributed by atoms with Crippen LogP contribution in [0.25, 0.3) is 0 Å². The molecule has 1 fully saturated rings. The Labute approximate surface area is 116 Å². The first-order valence-electron chi connectivity index (χ1n) is 5.65. The molecule has 1 aliphatic rings. The van der Waals surface area contributed by atoms with Crippen molar-refractivity contribution in [3.05, 3.63) is 24.3 Å². The molecule has 1 aliphatic heterocycles. The lowest BCUT2D eigenvalue weighted by atomic mass is 10.3. The SMILES string of the molecule is COc1ccccc1OCC1CNC(=O)O1.O=[PH](O)O. The minimum absolute atomic E-state index is 0.239. The second-order valence-electron chi connectivity index (χ2n) is 3.65. The van der Waals surface area contributed by atoms with E-state index in [9.17, 15) is 4.79 Å². The summed E-state index contributed by atoms with van der Waals surface area (Å²) in [5.41, 5.74) is 0. The molecular formula is C11H16NO7P. The number of hydrogen-bond acceptors (Lipinski definition) is 5. The van der Waals surface area contributed by atoms with E-state index in [1.807, 2.05) is 24.3 Å². The molecule has 1 aromatic rings. The normalized spacial score (nSPS) is 16.8. The smallest absolute Gasteiger partial charge is 0.407 e. The molecule has 8 nitrogen and oxygen atoms in total. The Bertz CT molecular complexity index is 464. The maximum atomic E-state index is 10.8. The number of benzene rings is 1. The molecule has 9 heteroatoms. The number of hydrogen-bond donors (Lipinski definition) is 3. The van der Waals surface area contributed by atoms with Crippen LogP contribution in [0.3, 0.4) is 0 Å². The van der Waals surface area contributed by atoms with E-state index in [-0.39, 0.29) is 6.10 Å². The molecule has 0 radical (unpaired) electrons. The fourth-order valence-electron chi connectivity index (χ4n) is 1.45. The second kappa shape index (κ2) is 8.42. The molecular weight excluding hydrogens is 289 g/mol. The molecule has 1 atom stereocenters. The Morgan fingerprint density at radius 3 is 2.50 bits per heavy atom. The second-order valence-corrected chi connectivity index (χ2v) is 4.22. The van der Waals surface area contributed by atoms with Crippen molar-refractivity contribution in [2.24, 2.45) is 0 Å². The number of alkyl carbamates (subject to hydrolysis) is 1. The molecule has 2 rings (SSSR count). The van der Waals surface area contributed by atoms with Gasteiger partial charge in [-0.2, -0.15) is 0 Å². The number of cyclic esters (lactones) is 1. The summed E-state index contributed by atoms with van der Waals surface area (Å²) in [5.74, 6) is 1.31. The summed E-state index contributed by atoms with van der Waals surface area (Å²) in [4.78, 5) is 25.1. The predicted octanol–water partition coefficient (Wildman–Crippen LogP) is 0.543. The van der Waals surface area contributed by atoms with Crippen LogP contribution in [0.2, 0.25) is 0 Å². The predicted molar refractivity (Wildman–Crippen MR) is 70.2 cm³/mol. The lowest BCUT2D eigenvalue weighted by Gasteiger charge is -2.12. The monoisotopic (exact) mass is 305 g/mol. The van der Waals surface area contributed by atoms with Crippen LogP contribution in [0.15, 0.2) is 24.3 Å². The molecule has 3 N–H and O–H groups in total. The number of rotatable bonds is 4. The minimum atomic E-state index is -3.13. The fraction of sp³-hybridized carbons (Fsp3) is 0.364. The van der Waals surface area contributed by atoms with Crippen LogP contribution in [-0.2, 0) is 9.30 Å². The van der Waals surface area contributed by atoms with Gasteiger partial charge in [0, 0.05) is 0 Å². The highest BCUT2D eigenvalue weighted by Crippen LogP contribution is 2.26. The molecule has 1 aromatic carbocycles. The van der Waals surface area contributed by atoms with Crippen molar-refractivity contribution in [1.29, 1.82) is 0 Å². The number of nitrogens with one attached hydrogen (secondary N) is 1.